The second kappa shape index (κ2) is 9.09. The average molecular weight is 556 g/mol. The molecule has 0 unspecified atom stereocenters. The Bertz CT molecular complexity index is 985. The summed E-state index contributed by atoms with van der Waals surface area (Å²) in [5.41, 5.74) is 2.88. The summed E-state index contributed by atoms with van der Waals surface area (Å²) < 4.78 is 18.6. The smallest absolute Gasteiger partial charge is 0.363 e. The second-order valence-electron chi connectivity index (χ2n) is 6.00. The highest BCUT2D eigenvalue weighted by molar-refractivity contribution is 14.1. The number of aliphatic imine (C=N–C) groups is 1. The largest absolute Gasteiger partial charge is 0.490 e. The van der Waals surface area contributed by atoms with Crippen molar-refractivity contribution in [3.05, 3.63) is 60.8 Å². The number of nitrogens with zero attached hydrogens (tertiary/aromatic N) is 1. The number of aryl methyl sites for hydroxylation is 1. The number of hydrogen-bond donors (Lipinski definition) is 0. The third-order valence-electron chi connectivity index (χ3n) is 3.95. The number of hydrogen-bond acceptors (Lipinski definition) is 5. The van der Waals surface area contributed by atoms with E-state index in [1.54, 1.807) is 6.08 Å². The molecular weight excluding hydrogens is 537 g/mol. The molecule has 0 aromatic heterocycles. The zero-order valence-corrected chi connectivity index (χ0v) is 19.5. The van der Waals surface area contributed by atoms with Gasteiger partial charge in [0.15, 0.2) is 17.2 Å². The molecule has 1 aliphatic heterocycles. The van der Waals surface area contributed by atoms with Crippen LogP contribution in [0.1, 0.15) is 30.5 Å². The minimum absolute atomic E-state index is 0.240. The molecule has 146 valence electrons. The van der Waals surface area contributed by atoms with Gasteiger partial charge in [-0.05, 0) is 107 Å². The van der Waals surface area contributed by atoms with Crippen LogP contribution in [0.15, 0.2) is 45.5 Å². The molecule has 0 radical (unpaired) electrons. The molecule has 0 saturated heterocycles. The summed E-state index contributed by atoms with van der Waals surface area (Å²) >= 11 is 5.77. The van der Waals surface area contributed by atoms with Gasteiger partial charge in [-0.15, -0.1) is 0 Å². The van der Waals surface area contributed by atoms with Crippen LogP contribution < -0.4 is 9.47 Å². The summed E-state index contributed by atoms with van der Waals surface area (Å²) in [4.78, 5) is 16.7. The molecule has 0 aliphatic carbocycles. The summed E-state index contributed by atoms with van der Waals surface area (Å²) in [5.74, 6) is 1.08. The standard InChI is InChI=1S/C21H19BrINO4/c1-4-26-18-11-13(9-15(22)19(18)27-5-2)10-17-21(25)28-20(24-17)14-6-7-16(23)12(3)8-14/h6-11H,4-5H2,1-3H3/b17-10-. The van der Waals surface area contributed by atoms with Crippen molar-refractivity contribution < 1.29 is 19.0 Å². The minimum Gasteiger partial charge on any atom is -0.490 e. The molecule has 1 aliphatic rings. The summed E-state index contributed by atoms with van der Waals surface area (Å²) in [6.45, 7) is 6.85. The third-order valence-corrected chi connectivity index (χ3v) is 5.75. The molecule has 0 spiro atoms. The van der Waals surface area contributed by atoms with Crippen molar-refractivity contribution in [2.75, 3.05) is 13.2 Å². The number of halogens is 2. The van der Waals surface area contributed by atoms with Crippen LogP contribution in [0.5, 0.6) is 11.5 Å². The van der Waals surface area contributed by atoms with Crippen LogP contribution in [-0.2, 0) is 9.53 Å². The Morgan fingerprint density at radius 2 is 1.93 bits per heavy atom. The van der Waals surface area contributed by atoms with Gasteiger partial charge in [-0.2, -0.15) is 0 Å². The number of benzene rings is 2. The molecule has 0 fully saturated rings. The third kappa shape index (κ3) is 4.57. The summed E-state index contributed by atoms with van der Waals surface area (Å²) in [5, 5.41) is 0. The van der Waals surface area contributed by atoms with Gasteiger partial charge >= 0.3 is 5.97 Å². The van der Waals surface area contributed by atoms with Crippen molar-refractivity contribution >= 4 is 56.5 Å². The quantitative estimate of drug-likeness (QED) is 0.268. The summed E-state index contributed by atoms with van der Waals surface area (Å²) in [7, 11) is 0. The van der Waals surface area contributed by atoms with Crippen molar-refractivity contribution in [1.82, 2.24) is 0 Å². The molecule has 3 rings (SSSR count). The lowest BCUT2D eigenvalue weighted by atomic mass is 10.1. The van der Waals surface area contributed by atoms with E-state index in [-0.39, 0.29) is 5.70 Å². The van der Waals surface area contributed by atoms with E-state index in [9.17, 15) is 4.79 Å². The molecule has 0 amide bonds. The maximum Gasteiger partial charge on any atom is 0.363 e. The van der Waals surface area contributed by atoms with E-state index in [0.717, 1.165) is 24.7 Å². The zero-order chi connectivity index (χ0) is 20.3. The lowest BCUT2D eigenvalue weighted by Crippen LogP contribution is -2.05. The fraction of sp³-hybridized carbons (Fsp3) is 0.238. The Labute approximate surface area is 186 Å². The highest BCUT2D eigenvalue weighted by Crippen LogP contribution is 2.37. The van der Waals surface area contributed by atoms with Crippen LogP contribution in [0.25, 0.3) is 6.08 Å². The zero-order valence-electron chi connectivity index (χ0n) is 15.7. The molecule has 0 N–H and O–H groups in total. The van der Waals surface area contributed by atoms with Crippen LogP contribution in [0.3, 0.4) is 0 Å². The Kier molecular flexibility index (Phi) is 6.77. The molecule has 0 saturated carbocycles. The number of carbonyl (C=O) groups is 1. The van der Waals surface area contributed by atoms with Crippen molar-refractivity contribution in [1.29, 1.82) is 0 Å². The second-order valence-corrected chi connectivity index (χ2v) is 8.01. The molecule has 7 heteroatoms. The molecule has 0 bridgehead atoms. The van der Waals surface area contributed by atoms with Crippen LogP contribution >= 0.6 is 38.5 Å². The van der Waals surface area contributed by atoms with E-state index in [2.05, 4.69) is 43.5 Å². The monoisotopic (exact) mass is 555 g/mol. The van der Waals surface area contributed by atoms with Gasteiger partial charge < -0.3 is 14.2 Å². The van der Waals surface area contributed by atoms with Gasteiger partial charge in [-0.1, -0.05) is 0 Å². The Morgan fingerprint density at radius 1 is 1.18 bits per heavy atom. The molecule has 5 nitrogen and oxygen atoms in total. The van der Waals surface area contributed by atoms with Crippen molar-refractivity contribution in [2.24, 2.45) is 4.99 Å². The van der Waals surface area contributed by atoms with Gasteiger partial charge in [0.25, 0.3) is 0 Å². The van der Waals surface area contributed by atoms with Gasteiger partial charge in [-0.3, -0.25) is 0 Å². The first-order valence-corrected chi connectivity index (χ1v) is 10.7. The minimum atomic E-state index is -0.478. The van der Waals surface area contributed by atoms with Crippen molar-refractivity contribution in [3.8, 4) is 11.5 Å². The van der Waals surface area contributed by atoms with E-state index < -0.39 is 5.97 Å². The topological polar surface area (TPSA) is 57.1 Å². The predicted molar refractivity (Wildman–Crippen MR) is 121 cm³/mol. The Morgan fingerprint density at radius 3 is 2.61 bits per heavy atom. The Hall–Kier alpha value is -1.87. The van der Waals surface area contributed by atoms with Crippen LogP contribution in [0.4, 0.5) is 0 Å². The number of esters is 1. The lowest BCUT2D eigenvalue weighted by molar-refractivity contribution is -0.129. The number of ether oxygens (including phenoxy) is 3. The number of cyclic esters (lactones) is 1. The van der Waals surface area contributed by atoms with Gasteiger partial charge in [-0.25, -0.2) is 9.79 Å². The summed E-state index contributed by atoms with van der Waals surface area (Å²) in [6.07, 6.45) is 1.68. The average Bonchev–Trinajstić information content (AvgIpc) is 3.01. The lowest BCUT2D eigenvalue weighted by Gasteiger charge is -2.13. The van der Waals surface area contributed by atoms with Gasteiger partial charge in [0, 0.05) is 9.13 Å². The maximum atomic E-state index is 12.3. The normalized spacial score (nSPS) is 14.8. The Balaban J connectivity index is 1.97. The fourth-order valence-corrected chi connectivity index (χ4v) is 3.60. The van der Waals surface area contributed by atoms with E-state index in [1.165, 1.54) is 0 Å². The molecule has 2 aromatic rings. The fourth-order valence-electron chi connectivity index (χ4n) is 2.69. The number of rotatable bonds is 6. The van der Waals surface area contributed by atoms with Gasteiger partial charge in [0.05, 0.1) is 17.7 Å². The van der Waals surface area contributed by atoms with Crippen LogP contribution in [0, 0.1) is 10.5 Å². The highest BCUT2D eigenvalue weighted by atomic mass is 127. The molecule has 2 aromatic carbocycles. The first kappa shape index (κ1) is 20.9. The molecular formula is C21H19BrINO4. The van der Waals surface area contributed by atoms with E-state index in [0.29, 0.717) is 30.6 Å². The first-order chi connectivity index (χ1) is 13.4. The molecule has 1 heterocycles. The van der Waals surface area contributed by atoms with Gasteiger partial charge in [0.2, 0.25) is 5.90 Å². The predicted octanol–water partition coefficient (Wildman–Crippen LogP) is 5.50. The molecule has 0 atom stereocenters. The van der Waals surface area contributed by atoms with E-state index in [1.807, 2.05) is 51.1 Å². The maximum absolute atomic E-state index is 12.3. The SMILES string of the molecule is CCOc1cc(/C=C2\N=C(c3ccc(I)c(C)c3)OC2=O)cc(Br)c1OCC. The van der Waals surface area contributed by atoms with Crippen LogP contribution in [0.2, 0.25) is 0 Å². The number of carbonyl (C=O) groups excluding carboxylic acids is 1. The van der Waals surface area contributed by atoms with E-state index >= 15 is 0 Å². The first-order valence-electron chi connectivity index (χ1n) is 8.81. The van der Waals surface area contributed by atoms with Crippen molar-refractivity contribution in [3.63, 3.8) is 0 Å². The van der Waals surface area contributed by atoms with Crippen molar-refractivity contribution in [2.45, 2.75) is 20.8 Å². The highest BCUT2D eigenvalue weighted by Gasteiger charge is 2.25. The van der Waals surface area contributed by atoms with E-state index in [4.69, 9.17) is 14.2 Å². The van der Waals surface area contributed by atoms with Gasteiger partial charge in [0.1, 0.15) is 0 Å². The molecule has 28 heavy (non-hydrogen) atoms. The van der Waals surface area contributed by atoms with Crippen LogP contribution in [-0.4, -0.2) is 25.1 Å². The summed E-state index contributed by atoms with van der Waals surface area (Å²) in [6, 6.07) is 9.50.